The Balaban J connectivity index is 4.13. The Hall–Kier alpha value is 0.230. The van der Waals surface area contributed by atoms with E-state index in [1.165, 1.54) is 20.8 Å². The van der Waals surface area contributed by atoms with Crippen LogP contribution in [0.4, 0.5) is 13.2 Å². The third kappa shape index (κ3) is 4.63. The molecule has 0 N–H and O–H groups in total. The van der Waals surface area contributed by atoms with E-state index in [0.717, 1.165) is 0 Å². The van der Waals surface area contributed by atoms with E-state index in [-0.39, 0.29) is 0 Å². The molecular formula is C6H10BrF3O. The first-order valence-corrected chi connectivity index (χ1v) is 3.93. The molecule has 0 unspecified atom stereocenters. The molecule has 0 heterocycles. The Morgan fingerprint density at radius 3 is 1.73 bits per heavy atom. The van der Waals surface area contributed by atoms with Crippen molar-refractivity contribution in [1.82, 2.24) is 0 Å². The predicted octanol–water partition coefficient (Wildman–Crippen LogP) is 3.08. The summed E-state index contributed by atoms with van der Waals surface area (Å²) >= 11 is 2.11. The second-order valence-electron chi connectivity index (χ2n) is 3.08. The van der Waals surface area contributed by atoms with E-state index in [1.807, 2.05) is 0 Å². The molecule has 0 amide bonds. The lowest BCUT2D eigenvalue weighted by atomic mass is 10.2. The van der Waals surface area contributed by atoms with Crippen LogP contribution in [0.15, 0.2) is 0 Å². The summed E-state index contributed by atoms with van der Waals surface area (Å²) in [6.45, 7) is 4.28. The SMILES string of the molecule is CC(C)(C)OC(F)(F)[C@@H](F)Br. The van der Waals surface area contributed by atoms with Crippen LogP contribution >= 0.6 is 15.9 Å². The highest BCUT2D eigenvalue weighted by Gasteiger charge is 2.43. The fraction of sp³-hybridized carbons (Fsp3) is 1.00. The summed E-state index contributed by atoms with van der Waals surface area (Å²) in [6.07, 6.45) is -3.77. The van der Waals surface area contributed by atoms with E-state index >= 15 is 0 Å². The lowest BCUT2D eigenvalue weighted by molar-refractivity contribution is -0.294. The van der Waals surface area contributed by atoms with Gasteiger partial charge in [-0.15, -0.1) is 0 Å². The van der Waals surface area contributed by atoms with E-state index in [9.17, 15) is 13.2 Å². The molecular weight excluding hydrogens is 225 g/mol. The van der Waals surface area contributed by atoms with Crippen LogP contribution in [0.3, 0.4) is 0 Å². The third-order valence-electron chi connectivity index (χ3n) is 0.696. The molecule has 0 aromatic rings. The standard InChI is InChI=1S/C6H10BrF3O/c1-5(2,3)11-6(9,10)4(7)8/h4H,1-3H3/t4-/m1/s1. The fourth-order valence-electron chi connectivity index (χ4n) is 0.453. The van der Waals surface area contributed by atoms with Crippen molar-refractivity contribution in [2.24, 2.45) is 0 Å². The lowest BCUT2D eigenvalue weighted by Gasteiger charge is -2.26. The first-order valence-electron chi connectivity index (χ1n) is 3.01. The van der Waals surface area contributed by atoms with Gasteiger partial charge in [0.05, 0.1) is 5.60 Å². The Bertz CT molecular complexity index is 130. The molecule has 0 aromatic carbocycles. The minimum absolute atomic E-state index is 1.05. The van der Waals surface area contributed by atoms with Gasteiger partial charge < -0.3 is 4.74 Å². The second kappa shape index (κ2) is 3.31. The monoisotopic (exact) mass is 234 g/mol. The van der Waals surface area contributed by atoms with Gasteiger partial charge in [0.2, 0.25) is 5.08 Å². The van der Waals surface area contributed by atoms with Gasteiger partial charge >= 0.3 is 6.11 Å². The minimum atomic E-state index is -3.77. The summed E-state index contributed by atoms with van der Waals surface area (Å²) in [5, 5.41) is -2.46. The largest absolute Gasteiger partial charge is 0.397 e. The molecule has 1 nitrogen and oxygen atoms in total. The summed E-state index contributed by atoms with van der Waals surface area (Å²) in [6, 6.07) is 0. The minimum Gasteiger partial charge on any atom is -0.312 e. The summed E-state index contributed by atoms with van der Waals surface area (Å²) in [5.41, 5.74) is -1.05. The molecule has 0 radical (unpaired) electrons. The highest BCUT2D eigenvalue weighted by molar-refractivity contribution is 9.09. The summed E-state index contributed by atoms with van der Waals surface area (Å²) in [4.78, 5) is 0. The fourth-order valence-corrected chi connectivity index (χ4v) is 0.546. The van der Waals surface area contributed by atoms with Crippen LogP contribution in [0, 0.1) is 0 Å². The predicted molar refractivity (Wildman–Crippen MR) is 39.6 cm³/mol. The van der Waals surface area contributed by atoms with Crippen molar-refractivity contribution < 1.29 is 17.9 Å². The normalized spacial score (nSPS) is 16.6. The van der Waals surface area contributed by atoms with Crippen molar-refractivity contribution in [1.29, 1.82) is 0 Å². The third-order valence-corrected chi connectivity index (χ3v) is 1.23. The second-order valence-corrected chi connectivity index (χ2v) is 3.88. The average molecular weight is 235 g/mol. The summed E-state index contributed by atoms with van der Waals surface area (Å²) in [5.74, 6) is 0. The van der Waals surface area contributed by atoms with Crippen LogP contribution in [-0.4, -0.2) is 16.8 Å². The van der Waals surface area contributed by atoms with Crippen molar-refractivity contribution in [3.05, 3.63) is 0 Å². The molecule has 0 aromatic heterocycles. The van der Waals surface area contributed by atoms with Crippen molar-refractivity contribution in [3.8, 4) is 0 Å². The molecule has 0 aliphatic carbocycles. The zero-order chi connectivity index (χ0) is 9.28. The van der Waals surface area contributed by atoms with Gasteiger partial charge in [-0.05, 0) is 36.7 Å². The summed E-state index contributed by atoms with van der Waals surface area (Å²) < 4.78 is 41.0. The highest BCUT2D eigenvalue weighted by atomic mass is 79.9. The summed E-state index contributed by atoms with van der Waals surface area (Å²) in [7, 11) is 0. The Morgan fingerprint density at radius 1 is 1.27 bits per heavy atom. The van der Waals surface area contributed by atoms with Gasteiger partial charge in [0.15, 0.2) is 0 Å². The van der Waals surface area contributed by atoms with Crippen molar-refractivity contribution in [2.75, 3.05) is 0 Å². The number of ether oxygens (including phenoxy) is 1. The van der Waals surface area contributed by atoms with Crippen LogP contribution in [0.2, 0.25) is 0 Å². The number of hydrogen-bond donors (Lipinski definition) is 0. The van der Waals surface area contributed by atoms with Gasteiger partial charge in [-0.1, -0.05) is 0 Å². The molecule has 0 saturated heterocycles. The van der Waals surface area contributed by atoms with Gasteiger partial charge in [0, 0.05) is 0 Å². The van der Waals surface area contributed by atoms with Gasteiger partial charge in [0.1, 0.15) is 0 Å². The number of alkyl halides is 4. The molecule has 0 saturated carbocycles. The Morgan fingerprint density at radius 2 is 1.64 bits per heavy atom. The molecule has 0 fully saturated rings. The molecule has 11 heavy (non-hydrogen) atoms. The topological polar surface area (TPSA) is 9.23 Å². The highest BCUT2D eigenvalue weighted by Crippen LogP contribution is 2.31. The van der Waals surface area contributed by atoms with Crippen LogP contribution in [0.25, 0.3) is 0 Å². The van der Waals surface area contributed by atoms with Crippen LogP contribution in [0.5, 0.6) is 0 Å². The maximum atomic E-state index is 12.4. The first-order chi connectivity index (χ1) is 4.65. The first kappa shape index (κ1) is 11.2. The smallest absolute Gasteiger partial charge is 0.312 e. The lowest BCUT2D eigenvalue weighted by Crippen LogP contribution is -2.37. The van der Waals surface area contributed by atoms with E-state index < -0.39 is 16.8 Å². The molecule has 0 aliphatic heterocycles. The van der Waals surface area contributed by atoms with E-state index in [0.29, 0.717) is 0 Å². The Labute approximate surface area is 72.0 Å². The molecule has 68 valence electrons. The van der Waals surface area contributed by atoms with E-state index in [4.69, 9.17) is 0 Å². The molecule has 0 aliphatic rings. The molecule has 0 bridgehead atoms. The zero-order valence-electron chi connectivity index (χ0n) is 6.50. The maximum absolute atomic E-state index is 12.4. The molecule has 0 spiro atoms. The number of halogens is 4. The van der Waals surface area contributed by atoms with Crippen molar-refractivity contribution in [3.63, 3.8) is 0 Å². The van der Waals surface area contributed by atoms with Crippen LogP contribution < -0.4 is 0 Å². The van der Waals surface area contributed by atoms with Gasteiger partial charge in [-0.3, -0.25) is 0 Å². The van der Waals surface area contributed by atoms with Crippen LogP contribution in [0.1, 0.15) is 20.8 Å². The zero-order valence-corrected chi connectivity index (χ0v) is 8.08. The average Bonchev–Trinajstić information content (AvgIpc) is 1.56. The van der Waals surface area contributed by atoms with Gasteiger partial charge in [0.25, 0.3) is 0 Å². The molecule has 5 heteroatoms. The number of rotatable bonds is 2. The van der Waals surface area contributed by atoms with E-state index in [2.05, 4.69) is 20.7 Å². The van der Waals surface area contributed by atoms with Crippen molar-refractivity contribution >= 4 is 15.9 Å². The molecule has 0 rings (SSSR count). The van der Waals surface area contributed by atoms with Crippen LogP contribution in [-0.2, 0) is 4.74 Å². The quantitative estimate of drug-likeness (QED) is 0.668. The van der Waals surface area contributed by atoms with Gasteiger partial charge in [-0.2, -0.15) is 8.78 Å². The van der Waals surface area contributed by atoms with Gasteiger partial charge in [-0.25, -0.2) is 4.39 Å². The Kier molecular flexibility index (Phi) is 3.38. The van der Waals surface area contributed by atoms with E-state index in [1.54, 1.807) is 0 Å². The number of hydrogen-bond acceptors (Lipinski definition) is 1. The maximum Gasteiger partial charge on any atom is 0.397 e. The van der Waals surface area contributed by atoms with Crippen molar-refractivity contribution in [2.45, 2.75) is 37.6 Å². The molecule has 1 atom stereocenters.